The summed E-state index contributed by atoms with van der Waals surface area (Å²) < 4.78 is 0. The van der Waals surface area contributed by atoms with Gasteiger partial charge in [-0.15, -0.1) is 0 Å². The zero-order valence-corrected chi connectivity index (χ0v) is 11.8. The van der Waals surface area contributed by atoms with Crippen LogP contribution in [-0.4, -0.2) is 10.2 Å². The third kappa shape index (κ3) is 1.64. The second-order valence-corrected chi connectivity index (χ2v) is 5.40. The van der Waals surface area contributed by atoms with Crippen LogP contribution in [0.25, 0.3) is 17.2 Å². The molecular formula is C18H18O2. The molecule has 2 heteroatoms. The van der Waals surface area contributed by atoms with Gasteiger partial charge in [0, 0.05) is 0 Å². The van der Waals surface area contributed by atoms with Gasteiger partial charge in [0.1, 0.15) is 11.5 Å². The van der Waals surface area contributed by atoms with Gasteiger partial charge in [-0.2, -0.15) is 0 Å². The summed E-state index contributed by atoms with van der Waals surface area (Å²) in [6.45, 7) is 7.78. The van der Waals surface area contributed by atoms with Crippen LogP contribution in [0.15, 0.2) is 24.8 Å². The summed E-state index contributed by atoms with van der Waals surface area (Å²) in [6, 6.07) is 5.50. The number of rotatable bonds is 1. The van der Waals surface area contributed by atoms with Crippen molar-refractivity contribution in [1.29, 1.82) is 0 Å². The van der Waals surface area contributed by atoms with E-state index in [0.29, 0.717) is 11.5 Å². The quantitative estimate of drug-likeness (QED) is 0.815. The topological polar surface area (TPSA) is 40.5 Å². The molecule has 20 heavy (non-hydrogen) atoms. The second kappa shape index (κ2) is 4.41. The molecule has 0 saturated carbocycles. The standard InChI is InChI=1S/C18H18O2/c1-4-12-9-17(20)11(3)14-6-5-13-10(2)16(19)8-7-15(13)18(12)14/h4,7-9,19-20H,1,5-6H2,2-3H3. The van der Waals surface area contributed by atoms with Crippen LogP contribution in [0.5, 0.6) is 11.5 Å². The van der Waals surface area contributed by atoms with Gasteiger partial charge in [-0.05, 0) is 77.8 Å². The van der Waals surface area contributed by atoms with Crippen molar-refractivity contribution in [2.24, 2.45) is 0 Å². The van der Waals surface area contributed by atoms with Gasteiger partial charge in [0.25, 0.3) is 0 Å². The molecule has 2 aromatic rings. The lowest BCUT2D eigenvalue weighted by Crippen LogP contribution is -2.09. The number of phenolic OH excluding ortho intramolecular Hbond substituents is 2. The summed E-state index contributed by atoms with van der Waals surface area (Å²) in [5.41, 5.74) is 7.55. The molecule has 2 nitrogen and oxygen atoms in total. The largest absolute Gasteiger partial charge is 0.508 e. The van der Waals surface area contributed by atoms with Crippen molar-refractivity contribution >= 4 is 6.08 Å². The first-order valence-corrected chi connectivity index (χ1v) is 6.84. The van der Waals surface area contributed by atoms with Crippen LogP contribution in [0.4, 0.5) is 0 Å². The first kappa shape index (κ1) is 12.8. The van der Waals surface area contributed by atoms with Crippen molar-refractivity contribution < 1.29 is 10.2 Å². The summed E-state index contributed by atoms with van der Waals surface area (Å²) in [6.07, 6.45) is 3.56. The Hall–Kier alpha value is -2.22. The maximum absolute atomic E-state index is 10.0. The highest BCUT2D eigenvalue weighted by Crippen LogP contribution is 2.43. The third-order valence-corrected chi connectivity index (χ3v) is 4.40. The highest BCUT2D eigenvalue weighted by molar-refractivity contribution is 5.84. The molecule has 0 saturated heterocycles. The number of benzene rings is 2. The van der Waals surface area contributed by atoms with E-state index in [9.17, 15) is 10.2 Å². The zero-order chi connectivity index (χ0) is 14.4. The Labute approximate surface area is 119 Å². The average molecular weight is 266 g/mol. The Morgan fingerprint density at radius 2 is 1.65 bits per heavy atom. The number of hydrogen-bond acceptors (Lipinski definition) is 2. The van der Waals surface area contributed by atoms with Crippen LogP contribution in [0, 0.1) is 13.8 Å². The average Bonchev–Trinajstić information content (AvgIpc) is 2.46. The lowest BCUT2D eigenvalue weighted by molar-refractivity contribution is 0.468. The van der Waals surface area contributed by atoms with Gasteiger partial charge < -0.3 is 10.2 Å². The van der Waals surface area contributed by atoms with Crippen molar-refractivity contribution in [3.63, 3.8) is 0 Å². The van der Waals surface area contributed by atoms with Crippen molar-refractivity contribution in [2.45, 2.75) is 26.7 Å². The maximum atomic E-state index is 10.0. The van der Waals surface area contributed by atoms with Gasteiger partial charge in [0.05, 0.1) is 0 Å². The fourth-order valence-electron chi connectivity index (χ4n) is 3.19. The number of aromatic hydroxyl groups is 2. The molecule has 0 heterocycles. The maximum Gasteiger partial charge on any atom is 0.119 e. The van der Waals surface area contributed by atoms with E-state index in [1.54, 1.807) is 18.2 Å². The molecule has 1 aliphatic rings. The SMILES string of the molecule is C=Cc1cc(O)c(C)c2c1-c1ccc(O)c(C)c1CC2. The van der Waals surface area contributed by atoms with Crippen LogP contribution < -0.4 is 0 Å². The molecule has 0 atom stereocenters. The molecule has 3 rings (SSSR count). The fraction of sp³-hybridized carbons (Fsp3) is 0.222. The normalized spacial score (nSPS) is 12.7. The van der Waals surface area contributed by atoms with E-state index in [1.807, 2.05) is 19.9 Å². The van der Waals surface area contributed by atoms with Crippen molar-refractivity contribution in [3.8, 4) is 22.6 Å². The zero-order valence-electron chi connectivity index (χ0n) is 11.8. The molecule has 102 valence electrons. The number of fused-ring (bicyclic) bond motifs is 3. The lowest BCUT2D eigenvalue weighted by Gasteiger charge is -2.26. The van der Waals surface area contributed by atoms with Crippen LogP contribution in [0.3, 0.4) is 0 Å². The minimum absolute atomic E-state index is 0.331. The number of hydrogen-bond donors (Lipinski definition) is 2. The summed E-state index contributed by atoms with van der Waals surface area (Å²) in [7, 11) is 0. The van der Waals surface area contributed by atoms with E-state index in [2.05, 4.69) is 6.58 Å². The molecule has 0 aromatic heterocycles. The van der Waals surface area contributed by atoms with Gasteiger partial charge in [-0.25, -0.2) is 0 Å². The van der Waals surface area contributed by atoms with Gasteiger partial charge >= 0.3 is 0 Å². The Kier molecular flexibility index (Phi) is 2.82. The molecule has 0 bridgehead atoms. The van der Waals surface area contributed by atoms with Gasteiger partial charge in [0.2, 0.25) is 0 Å². The third-order valence-electron chi connectivity index (χ3n) is 4.40. The lowest BCUT2D eigenvalue weighted by atomic mass is 9.79. The van der Waals surface area contributed by atoms with E-state index in [0.717, 1.165) is 40.7 Å². The van der Waals surface area contributed by atoms with Crippen molar-refractivity contribution in [1.82, 2.24) is 0 Å². The van der Waals surface area contributed by atoms with Gasteiger partial charge in [0.15, 0.2) is 0 Å². The minimum Gasteiger partial charge on any atom is -0.508 e. The van der Waals surface area contributed by atoms with Crippen LogP contribution in [0.1, 0.15) is 27.8 Å². The van der Waals surface area contributed by atoms with Crippen LogP contribution in [0.2, 0.25) is 0 Å². The smallest absolute Gasteiger partial charge is 0.119 e. The molecule has 0 unspecified atom stereocenters. The van der Waals surface area contributed by atoms with Crippen LogP contribution >= 0.6 is 0 Å². The molecule has 0 aliphatic heterocycles. The molecule has 1 aliphatic carbocycles. The Morgan fingerprint density at radius 1 is 1.00 bits per heavy atom. The van der Waals surface area contributed by atoms with Crippen LogP contribution in [-0.2, 0) is 12.8 Å². The van der Waals surface area contributed by atoms with E-state index in [4.69, 9.17) is 0 Å². The molecule has 0 amide bonds. The predicted octanol–water partition coefficient (Wildman–Crippen LogP) is 4.12. The molecule has 2 aromatic carbocycles. The van der Waals surface area contributed by atoms with E-state index < -0.39 is 0 Å². The first-order chi connectivity index (χ1) is 9.54. The van der Waals surface area contributed by atoms with Crippen molar-refractivity contribution in [2.75, 3.05) is 0 Å². The van der Waals surface area contributed by atoms with Crippen molar-refractivity contribution in [3.05, 3.63) is 52.6 Å². The summed E-state index contributed by atoms with van der Waals surface area (Å²) >= 11 is 0. The fourth-order valence-corrected chi connectivity index (χ4v) is 3.19. The number of phenols is 2. The highest BCUT2D eigenvalue weighted by Gasteiger charge is 2.23. The van der Waals surface area contributed by atoms with Gasteiger partial charge in [-0.1, -0.05) is 18.7 Å². The Morgan fingerprint density at radius 3 is 2.35 bits per heavy atom. The monoisotopic (exact) mass is 266 g/mol. The first-order valence-electron chi connectivity index (χ1n) is 6.84. The molecule has 2 N–H and O–H groups in total. The summed E-state index contributed by atoms with van der Waals surface area (Å²) in [5, 5.41) is 19.9. The van der Waals surface area contributed by atoms with Gasteiger partial charge in [-0.3, -0.25) is 0 Å². The van der Waals surface area contributed by atoms with E-state index in [1.165, 1.54) is 11.1 Å². The molecular weight excluding hydrogens is 248 g/mol. The molecule has 0 spiro atoms. The Balaban J connectivity index is 2.40. The summed E-state index contributed by atoms with van der Waals surface area (Å²) in [5.74, 6) is 0.681. The molecule has 0 fully saturated rings. The second-order valence-electron chi connectivity index (χ2n) is 5.40. The Bertz CT molecular complexity index is 727. The minimum atomic E-state index is 0.331. The predicted molar refractivity (Wildman–Crippen MR) is 82.2 cm³/mol. The highest BCUT2D eigenvalue weighted by atomic mass is 16.3. The van der Waals surface area contributed by atoms with E-state index in [-0.39, 0.29) is 0 Å². The van der Waals surface area contributed by atoms with E-state index >= 15 is 0 Å². The molecule has 0 radical (unpaired) electrons. The summed E-state index contributed by atoms with van der Waals surface area (Å²) in [4.78, 5) is 0.